The second-order valence-electron chi connectivity index (χ2n) is 3.39. The highest BCUT2D eigenvalue weighted by atomic mass is 14.8. The van der Waals surface area contributed by atoms with E-state index in [2.05, 4.69) is 29.9 Å². The van der Waals surface area contributed by atoms with Crippen molar-refractivity contribution in [2.24, 2.45) is 0 Å². The van der Waals surface area contributed by atoms with Gasteiger partial charge >= 0.3 is 0 Å². The van der Waals surface area contributed by atoms with Crippen LogP contribution in [0.15, 0.2) is 12.3 Å². The number of fused-ring (bicyclic) bond motifs is 1. The average molecular weight is 160 g/mol. The van der Waals surface area contributed by atoms with E-state index in [0.29, 0.717) is 5.92 Å². The van der Waals surface area contributed by atoms with E-state index in [1.807, 2.05) is 12.3 Å². The second kappa shape index (κ2) is 2.70. The summed E-state index contributed by atoms with van der Waals surface area (Å²) in [6, 6.07) is 0. The number of hydrogen-bond donors (Lipinski definition) is 0. The van der Waals surface area contributed by atoms with E-state index in [-0.39, 0.29) is 0 Å². The van der Waals surface area contributed by atoms with Gasteiger partial charge in [0.2, 0.25) is 0 Å². The fraction of sp³-hybridized carbons (Fsp3) is 0.400. The molecular formula is C10H12N2. The lowest BCUT2D eigenvalue weighted by molar-refractivity contribution is 0.798. The van der Waals surface area contributed by atoms with Crippen LogP contribution in [0.4, 0.5) is 0 Å². The Morgan fingerprint density at radius 3 is 3.00 bits per heavy atom. The SMILES string of the molecule is CC(C)c1cnc2c(n1)CC=C2. The Hall–Kier alpha value is -1.18. The molecule has 62 valence electrons. The lowest BCUT2D eigenvalue weighted by Gasteiger charge is -2.05. The summed E-state index contributed by atoms with van der Waals surface area (Å²) >= 11 is 0. The molecule has 0 radical (unpaired) electrons. The maximum Gasteiger partial charge on any atom is 0.0845 e. The first-order chi connectivity index (χ1) is 5.77. The molecule has 1 aromatic heterocycles. The van der Waals surface area contributed by atoms with Crippen molar-refractivity contribution in [3.63, 3.8) is 0 Å². The molecule has 1 aliphatic rings. The van der Waals surface area contributed by atoms with Gasteiger partial charge in [-0.1, -0.05) is 19.9 Å². The van der Waals surface area contributed by atoms with E-state index in [1.165, 1.54) is 0 Å². The van der Waals surface area contributed by atoms with Gasteiger partial charge in [-0.25, -0.2) is 0 Å². The maximum absolute atomic E-state index is 4.53. The summed E-state index contributed by atoms with van der Waals surface area (Å²) < 4.78 is 0. The molecule has 1 heterocycles. The molecule has 0 spiro atoms. The molecule has 0 N–H and O–H groups in total. The molecule has 0 saturated carbocycles. The minimum atomic E-state index is 0.475. The fourth-order valence-electron chi connectivity index (χ4n) is 1.30. The van der Waals surface area contributed by atoms with Crippen LogP contribution in [-0.2, 0) is 6.42 Å². The highest BCUT2D eigenvalue weighted by Gasteiger charge is 2.09. The molecule has 2 nitrogen and oxygen atoms in total. The van der Waals surface area contributed by atoms with Gasteiger partial charge in [0.1, 0.15) is 0 Å². The number of aromatic nitrogens is 2. The molecular weight excluding hydrogens is 148 g/mol. The van der Waals surface area contributed by atoms with Crippen molar-refractivity contribution in [1.82, 2.24) is 9.97 Å². The first-order valence-corrected chi connectivity index (χ1v) is 4.29. The first kappa shape index (κ1) is 7.47. The van der Waals surface area contributed by atoms with Crippen molar-refractivity contribution in [3.05, 3.63) is 29.4 Å². The van der Waals surface area contributed by atoms with Crippen molar-refractivity contribution in [2.45, 2.75) is 26.2 Å². The lowest BCUT2D eigenvalue weighted by Crippen LogP contribution is -1.99. The van der Waals surface area contributed by atoms with Gasteiger partial charge in [-0.3, -0.25) is 9.97 Å². The standard InChI is InChI=1S/C10H12N2/c1-7(2)10-6-11-8-4-3-5-9(8)12-10/h3-4,6-7H,5H2,1-2H3. The summed E-state index contributed by atoms with van der Waals surface area (Å²) in [7, 11) is 0. The summed E-state index contributed by atoms with van der Waals surface area (Å²) in [5, 5.41) is 0. The maximum atomic E-state index is 4.53. The van der Waals surface area contributed by atoms with Gasteiger partial charge in [0.05, 0.1) is 17.1 Å². The molecule has 0 bridgehead atoms. The largest absolute Gasteiger partial charge is 0.253 e. The molecule has 0 atom stereocenters. The number of nitrogens with zero attached hydrogens (tertiary/aromatic N) is 2. The van der Waals surface area contributed by atoms with E-state index in [1.54, 1.807) is 0 Å². The third-order valence-corrected chi connectivity index (χ3v) is 2.07. The molecule has 1 aromatic rings. The Morgan fingerprint density at radius 1 is 1.42 bits per heavy atom. The van der Waals surface area contributed by atoms with E-state index in [9.17, 15) is 0 Å². The molecule has 0 amide bonds. The molecule has 0 aliphatic heterocycles. The summed E-state index contributed by atoms with van der Waals surface area (Å²) in [6.45, 7) is 4.28. The third kappa shape index (κ3) is 1.13. The van der Waals surface area contributed by atoms with E-state index in [0.717, 1.165) is 23.5 Å². The second-order valence-corrected chi connectivity index (χ2v) is 3.39. The molecule has 1 aliphatic carbocycles. The van der Waals surface area contributed by atoms with Crippen LogP contribution in [0.5, 0.6) is 0 Å². The highest BCUT2D eigenvalue weighted by molar-refractivity contribution is 5.53. The van der Waals surface area contributed by atoms with E-state index >= 15 is 0 Å². The van der Waals surface area contributed by atoms with Crippen molar-refractivity contribution < 1.29 is 0 Å². The van der Waals surface area contributed by atoms with Gasteiger partial charge in [-0.15, -0.1) is 0 Å². The Labute approximate surface area is 72.4 Å². The summed E-state index contributed by atoms with van der Waals surface area (Å²) in [6.07, 6.45) is 6.96. The minimum absolute atomic E-state index is 0.475. The predicted molar refractivity (Wildman–Crippen MR) is 48.9 cm³/mol. The van der Waals surface area contributed by atoms with Gasteiger partial charge in [0.15, 0.2) is 0 Å². The van der Waals surface area contributed by atoms with Crippen LogP contribution in [0.3, 0.4) is 0 Å². The normalized spacial score (nSPS) is 13.9. The fourth-order valence-corrected chi connectivity index (χ4v) is 1.30. The van der Waals surface area contributed by atoms with Crippen molar-refractivity contribution >= 4 is 6.08 Å². The molecule has 2 rings (SSSR count). The smallest absolute Gasteiger partial charge is 0.0845 e. The zero-order chi connectivity index (χ0) is 8.55. The number of rotatable bonds is 1. The molecule has 0 unspecified atom stereocenters. The number of hydrogen-bond acceptors (Lipinski definition) is 2. The summed E-state index contributed by atoms with van der Waals surface area (Å²) in [5.74, 6) is 0.475. The van der Waals surface area contributed by atoms with Crippen molar-refractivity contribution in [3.8, 4) is 0 Å². The van der Waals surface area contributed by atoms with Crippen molar-refractivity contribution in [1.29, 1.82) is 0 Å². The highest BCUT2D eigenvalue weighted by Crippen LogP contribution is 2.17. The van der Waals surface area contributed by atoms with Crippen molar-refractivity contribution in [2.75, 3.05) is 0 Å². The first-order valence-electron chi connectivity index (χ1n) is 4.29. The van der Waals surface area contributed by atoms with Gasteiger partial charge in [-0.2, -0.15) is 0 Å². The third-order valence-electron chi connectivity index (χ3n) is 2.07. The monoisotopic (exact) mass is 160 g/mol. The van der Waals surface area contributed by atoms with Crippen LogP contribution in [-0.4, -0.2) is 9.97 Å². The van der Waals surface area contributed by atoms with Crippen LogP contribution in [0.1, 0.15) is 36.8 Å². The summed E-state index contributed by atoms with van der Waals surface area (Å²) in [4.78, 5) is 8.86. The quantitative estimate of drug-likeness (QED) is 0.629. The lowest BCUT2D eigenvalue weighted by atomic mass is 10.1. The zero-order valence-electron chi connectivity index (χ0n) is 7.41. The Bertz CT molecular complexity index is 327. The van der Waals surface area contributed by atoms with E-state index in [4.69, 9.17) is 0 Å². The zero-order valence-corrected chi connectivity index (χ0v) is 7.41. The summed E-state index contributed by atoms with van der Waals surface area (Å²) in [5.41, 5.74) is 3.26. The van der Waals surface area contributed by atoms with E-state index < -0.39 is 0 Å². The molecule has 0 fully saturated rings. The Morgan fingerprint density at radius 2 is 2.25 bits per heavy atom. The van der Waals surface area contributed by atoms with Gasteiger partial charge < -0.3 is 0 Å². The van der Waals surface area contributed by atoms with Crippen LogP contribution in [0.2, 0.25) is 0 Å². The molecule has 0 aromatic carbocycles. The average Bonchev–Trinajstić information content (AvgIpc) is 2.49. The van der Waals surface area contributed by atoms with Gasteiger partial charge in [0.25, 0.3) is 0 Å². The van der Waals surface area contributed by atoms with Crippen LogP contribution >= 0.6 is 0 Å². The van der Waals surface area contributed by atoms with Gasteiger partial charge in [-0.05, 0) is 12.0 Å². The molecule has 0 saturated heterocycles. The van der Waals surface area contributed by atoms with Crippen LogP contribution < -0.4 is 0 Å². The number of allylic oxidation sites excluding steroid dienone is 1. The van der Waals surface area contributed by atoms with Gasteiger partial charge in [0, 0.05) is 12.6 Å². The molecule has 2 heteroatoms. The predicted octanol–water partition coefficient (Wildman–Crippen LogP) is 2.17. The van der Waals surface area contributed by atoms with Crippen LogP contribution in [0, 0.1) is 0 Å². The topological polar surface area (TPSA) is 25.8 Å². The minimum Gasteiger partial charge on any atom is -0.253 e. The van der Waals surface area contributed by atoms with Crippen LogP contribution in [0.25, 0.3) is 6.08 Å². The Kier molecular flexibility index (Phi) is 1.68. The Balaban J connectivity index is 2.42. The molecule has 12 heavy (non-hydrogen) atoms.